The van der Waals surface area contributed by atoms with Crippen LogP contribution in [-0.2, 0) is 9.59 Å². The van der Waals surface area contributed by atoms with Crippen LogP contribution in [0.5, 0.6) is 0 Å². The molecule has 2 aliphatic carbocycles. The van der Waals surface area contributed by atoms with Crippen molar-refractivity contribution in [1.29, 1.82) is 0 Å². The minimum absolute atomic E-state index is 0.0675. The van der Waals surface area contributed by atoms with Gasteiger partial charge in [-0.25, -0.2) is 4.39 Å². The Labute approximate surface area is 142 Å². The lowest BCUT2D eigenvalue weighted by Gasteiger charge is -2.35. The number of carbonyl (C=O) groups excluding carboxylic acids is 2. The molecule has 1 atom stereocenters. The topological polar surface area (TPSA) is 49.4 Å². The number of halogens is 1. The third-order valence-electron chi connectivity index (χ3n) is 5.47. The summed E-state index contributed by atoms with van der Waals surface area (Å²) in [5, 5.41) is 2.98. The van der Waals surface area contributed by atoms with E-state index in [0.29, 0.717) is 6.54 Å². The number of nitrogens with zero attached hydrogens (tertiary/aromatic N) is 1. The molecule has 0 bridgehead atoms. The molecule has 4 nitrogen and oxygen atoms in total. The summed E-state index contributed by atoms with van der Waals surface area (Å²) in [5.74, 6) is 0.0992. The third-order valence-corrected chi connectivity index (χ3v) is 5.47. The first-order valence-electron chi connectivity index (χ1n) is 8.86. The van der Waals surface area contributed by atoms with Gasteiger partial charge in [0.2, 0.25) is 11.8 Å². The lowest BCUT2D eigenvalue weighted by molar-refractivity contribution is -0.139. The van der Waals surface area contributed by atoms with E-state index >= 15 is 0 Å². The number of rotatable bonds is 6. The van der Waals surface area contributed by atoms with E-state index in [1.54, 1.807) is 24.1 Å². The van der Waals surface area contributed by atoms with E-state index in [2.05, 4.69) is 5.32 Å². The highest BCUT2D eigenvalue weighted by atomic mass is 19.1. The van der Waals surface area contributed by atoms with Crippen molar-refractivity contribution in [3.05, 3.63) is 35.6 Å². The average Bonchev–Trinajstić information content (AvgIpc) is 2.45. The molecule has 0 heterocycles. The van der Waals surface area contributed by atoms with E-state index in [4.69, 9.17) is 0 Å². The Hall–Kier alpha value is -1.91. The van der Waals surface area contributed by atoms with Gasteiger partial charge in [-0.2, -0.15) is 0 Å². The Morgan fingerprint density at radius 3 is 2.21 bits per heavy atom. The number of nitrogens with one attached hydrogen (secondary N) is 1. The van der Waals surface area contributed by atoms with Gasteiger partial charge >= 0.3 is 0 Å². The highest BCUT2D eigenvalue weighted by Gasteiger charge is 2.32. The van der Waals surface area contributed by atoms with Crippen LogP contribution in [-0.4, -0.2) is 30.3 Å². The van der Waals surface area contributed by atoms with Crippen LogP contribution in [0.3, 0.4) is 0 Å². The van der Waals surface area contributed by atoms with Crippen LogP contribution in [0.4, 0.5) is 4.39 Å². The van der Waals surface area contributed by atoms with Crippen molar-refractivity contribution in [3.8, 4) is 0 Å². The molecule has 1 aromatic carbocycles. The van der Waals surface area contributed by atoms with Gasteiger partial charge < -0.3 is 10.2 Å². The minimum atomic E-state index is -0.302. The van der Waals surface area contributed by atoms with Gasteiger partial charge in [0.1, 0.15) is 5.82 Å². The average molecular weight is 332 g/mol. The summed E-state index contributed by atoms with van der Waals surface area (Å²) < 4.78 is 13.2. The first-order chi connectivity index (χ1) is 11.6. The lowest BCUT2D eigenvalue weighted by atomic mass is 9.83. The normalized spacial score (nSPS) is 19.1. The minimum Gasteiger partial charge on any atom is -0.353 e. The van der Waals surface area contributed by atoms with Crippen molar-refractivity contribution in [3.63, 3.8) is 0 Å². The van der Waals surface area contributed by atoms with Crippen LogP contribution < -0.4 is 5.32 Å². The van der Waals surface area contributed by atoms with Gasteiger partial charge in [-0.3, -0.25) is 9.59 Å². The van der Waals surface area contributed by atoms with Crippen molar-refractivity contribution < 1.29 is 14.0 Å². The van der Waals surface area contributed by atoms with E-state index in [-0.39, 0.29) is 35.5 Å². The summed E-state index contributed by atoms with van der Waals surface area (Å²) in [6.45, 7) is 0.371. The molecule has 2 amide bonds. The van der Waals surface area contributed by atoms with Crippen LogP contribution in [0, 0.1) is 17.7 Å². The van der Waals surface area contributed by atoms with Crippen LogP contribution in [0.15, 0.2) is 24.3 Å². The Morgan fingerprint density at radius 1 is 1.12 bits per heavy atom. The molecule has 0 radical (unpaired) electrons. The first-order valence-corrected chi connectivity index (χ1v) is 8.86. The van der Waals surface area contributed by atoms with Crippen molar-refractivity contribution in [1.82, 2.24) is 10.2 Å². The van der Waals surface area contributed by atoms with Gasteiger partial charge in [-0.05, 0) is 43.4 Å². The quantitative estimate of drug-likeness (QED) is 0.870. The summed E-state index contributed by atoms with van der Waals surface area (Å²) in [5.41, 5.74) is 0.848. The maximum Gasteiger partial charge on any atom is 0.225 e. The predicted octanol–water partition coefficient (Wildman–Crippen LogP) is 3.04. The van der Waals surface area contributed by atoms with Crippen LogP contribution >= 0.6 is 0 Å². The smallest absolute Gasteiger partial charge is 0.225 e. The zero-order valence-corrected chi connectivity index (χ0v) is 14.1. The number of likely N-dealkylation sites (N-methyl/N-ethyl adjacent to an activating group) is 1. The van der Waals surface area contributed by atoms with Gasteiger partial charge in [0, 0.05) is 25.4 Å². The molecule has 0 saturated heterocycles. The molecule has 130 valence electrons. The molecule has 24 heavy (non-hydrogen) atoms. The van der Waals surface area contributed by atoms with Gasteiger partial charge in [0.15, 0.2) is 0 Å². The second-order valence-electron chi connectivity index (χ2n) is 7.02. The summed E-state index contributed by atoms with van der Waals surface area (Å²) >= 11 is 0. The van der Waals surface area contributed by atoms with E-state index in [0.717, 1.165) is 44.1 Å². The maximum absolute atomic E-state index is 13.2. The van der Waals surface area contributed by atoms with Gasteiger partial charge in [-0.1, -0.05) is 25.0 Å². The number of benzene rings is 1. The molecule has 2 fully saturated rings. The fourth-order valence-corrected chi connectivity index (χ4v) is 3.27. The number of amides is 2. The van der Waals surface area contributed by atoms with Crippen molar-refractivity contribution >= 4 is 11.8 Å². The van der Waals surface area contributed by atoms with Gasteiger partial charge in [-0.15, -0.1) is 0 Å². The fourth-order valence-electron chi connectivity index (χ4n) is 3.27. The van der Waals surface area contributed by atoms with Crippen LogP contribution in [0.1, 0.15) is 50.1 Å². The maximum atomic E-state index is 13.2. The monoisotopic (exact) mass is 332 g/mol. The lowest BCUT2D eigenvalue weighted by Crippen LogP contribution is -2.44. The summed E-state index contributed by atoms with van der Waals surface area (Å²) in [4.78, 5) is 26.4. The second-order valence-corrected chi connectivity index (χ2v) is 7.02. The zero-order chi connectivity index (χ0) is 17.1. The van der Waals surface area contributed by atoms with E-state index in [1.807, 2.05) is 0 Å². The molecule has 0 aliphatic heterocycles. The zero-order valence-electron chi connectivity index (χ0n) is 14.1. The van der Waals surface area contributed by atoms with Crippen LogP contribution in [0.25, 0.3) is 0 Å². The molecule has 2 aliphatic rings. The molecule has 1 aromatic rings. The number of carbonyl (C=O) groups is 2. The molecule has 0 aromatic heterocycles. The Morgan fingerprint density at radius 2 is 1.71 bits per heavy atom. The third kappa shape index (κ3) is 3.60. The molecular formula is C19H25FN2O2. The standard InChI is InChI=1S/C19H25FN2O2/c1-22(19(24)15-6-3-7-15)17(13-8-10-16(20)11-9-13)12-21-18(23)14-4-2-5-14/h8-11,14-15,17H,2-7,12H2,1H3,(H,21,23). The van der Waals surface area contributed by atoms with Crippen molar-refractivity contribution in [2.75, 3.05) is 13.6 Å². The molecule has 0 spiro atoms. The van der Waals surface area contributed by atoms with Crippen LogP contribution in [0.2, 0.25) is 0 Å². The summed E-state index contributed by atoms with van der Waals surface area (Å²) in [6, 6.07) is 5.93. The Balaban J connectivity index is 1.70. The summed E-state index contributed by atoms with van der Waals surface area (Å²) in [6.07, 6.45) is 5.98. The number of hydrogen-bond acceptors (Lipinski definition) is 2. The van der Waals surface area contributed by atoms with Gasteiger partial charge in [0.05, 0.1) is 6.04 Å². The van der Waals surface area contributed by atoms with E-state index in [9.17, 15) is 14.0 Å². The molecule has 2 saturated carbocycles. The Kier molecular flexibility index (Phi) is 5.17. The highest BCUT2D eigenvalue weighted by Crippen LogP contribution is 2.31. The van der Waals surface area contributed by atoms with Crippen molar-refractivity contribution in [2.45, 2.75) is 44.6 Å². The molecule has 3 rings (SSSR count). The number of hydrogen-bond donors (Lipinski definition) is 1. The second kappa shape index (κ2) is 7.32. The summed E-state index contributed by atoms with van der Waals surface area (Å²) in [7, 11) is 1.78. The molecule has 1 unspecified atom stereocenters. The van der Waals surface area contributed by atoms with E-state index < -0.39 is 0 Å². The molecular weight excluding hydrogens is 307 g/mol. The molecule has 1 N–H and O–H groups in total. The van der Waals surface area contributed by atoms with E-state index in [1.165, 1.54) is 12.1 Å². The molecule has 5 heteroatoms. The Bertz CT molecular complexity index is 594. The van der Waals surface area contributed by atoms with Crippen molar-refractivity contribution in [2.24, 2.45) is 11.8 Å². The fraction of sp³-hybridized carbons (Fsp3) is 0.579. The predicted molar refractivity (Wildman–Crippen MR) is 89.6 cm³/mol. The SMILES string of the molecule is CN(C(=O)C1CCC1)C(CNC(=O)C1CCC1)c1ccc(F)cc1. The first kappa shape index (κ1) is 16.9. The van der Waals surface area contributed by atoms with Gasteiger partial charge in [0.25, 0.3) is 0 Å². The highest BCUT2D eigenvalue weighted by molar-refractivity contribution is 5.81. The largest absolute Gasteiger partial charge is 0.353 e.